The van der Waals surface area contributed by atoms with E-state index in [0.717, 1.165) is 41.5 Å². The summed E-state index contributed by atoms with van der Waals surface area (Å²) in [7, 11) is 0. The number of hydrogen-bond donors (Lipinski definition) is 18. The summed E-state index contributed by atoms with van der Waals surface area (Å²) >= 11 is 0. The minimum absolute atomic E-state index is 0.816. The normalized spacial score (nSPS) is 41.3. The fourth-order valence-corrected chi connectivity index (χ4v) is 10.5. The van der Waals surface area contributed by atoms with Gasteiger partial charge in [-0.1, -0.05) is 0 Å². The van der Waals surface area contributed by atoms with Gasteiger partial charge in [0.05, 0.1) is 12.2 Å². The number of carboxylic acid groups (broad SMARTS) is 4. The Hall–Kier alpha value is -6.64. The van der Waals surface area contributed by atoms with E-state index in [4.69, 9.17) is 52.1 Å². The van der Waals surface area contributed by atoms with Crippen molar-refractivity contribution in [2.75, 3.05) is 0 Å². The maximum Gasteiger partial charge on any atom is 0.375 e. The van der Waals surface area contributed by atoms with E-state index < -0.39 is 242 Å². The second-order valence-electron chi connectivity index (χ2n) is 21.0. The zero-order valence-corrected chi connectivity index (χ0v) is 47.1. The third kappa shape index (κ3) is 15.8. The largest absolute Gasteiger partial charge is 0.506 e. The van der Waals surface area contributed by atoms with Crippen LogP contribution < -0.4 is 31.9 Å². The first kappa shape index (κ1) is 69.5. The first-order valence-electron chi connectivity index (χ1n) is 26.5. The molecule has 490 valence electrons. The van der Waals surface area contributed by atoms with Crippen LogP contribution in [0.15, 0.2) is 11.5 Å². The topological polar surface area (TPSA) is 587 Å². The zero-order valence-electron chi connectivity index (χ0n) is 47.1. The Kier molecular flexibility index (Phi) is 22.9. The lowest BCUT2D eigenvalue weighted by Gasteiger charge is -2.51. The van der Waals surface area contributed by atoms with Gasteiger partial charge >= 0.3 is 23.9 Å². The second kappa shape index (κ2) is 28.7. The number of nitrogens with one attached hydrogen (secondary N) is 6. The van der Waals surface area contributed by atoms with Crippen molar-refractivity contribution in [2.24, 2.45) is 0 Å². The standard InChI is InChI=1S/C48H70N6O33/c1-9-23(61)30(80-44-18(50-12(4)56)25(63)29(67)35(85-44)39(68)69)21(53-15(7)59)48(78-9)84-34-28(66)20(52-14(6)58)46(87-38(34)42(74)75)82-33-27(65)19(51-13(5)57)45(86-37(33)41(72)73)81-31-22(54-16(8)60)47(77-10(2)24(31)62)83-32-26(64)17(49-11(3)55)43(76)79-36(32)40(70)71/h9-10,17-28,30-34,36-38,43-48,61-67,76H,1-8H3,(H,49,55)(H,50,56)(H,51,57)(H,52,58)(H,53,59)(H,54,60)(H,68,69)(H,70,71)(H,72,73)(H,74,75)/t9-,10-,17+,18+,19+,20+,21-,22-,23+,24+,25-,26-,27-,28-,30-,31-,32+,33+,34+,36+,37+,38+,43+,44-,45-,46-,47-,48-/m1/s1. The molecule has 0 unspecified atom stereocenters. The average Bonchev–Trinajstić information content (AvgIpc) is 0.823. The molecule has 18 N–H and O–H groups in total. The molecule has 0 aromatic heterocycles. The number of rotatable bonds is 20. The monoisotopic (exact) mass is 1260 g/mol. The van der Waals surface area contributed by atoms with Crippen molar-refractivity contribution in [3.8, 4) is 0 Å². The Bertz CT molecular complexity index is 2620. The summed E-state index contributed by atoms with van der Waals surface area (Å²) in [5.74, 6) is -15.8. The van der Waals surface area contributed by atoms with Crippen LogP contribution in [0.5, 0.6) is 0 Å². The Labute approximate surface area is 490 Å². The van der Waals surface area contributed by atoms with E-state index in [0.29, 0.717) is 0 Å². The summed E-state index contributed by atoms with van der Waals surface area (Å²) in [6.07, 6.45) is -46.7. The number of aliphatic hydroxyl groups excluding tert-OH is 8. The van der Waals surface area contributed by atoms with E-state index in [-0.39, 0.29) is 0 Å². The van der Waals surface area contributed by atoms with Gasteiger partial charge in [0, 0.05) is 41.5 Å². The maximum absolute atomic E-state index is 13.2. The highest BCUT2D eigenvalue weighted by molar-refractivity contribution is 5.85. The SMILES string of the molecule is CC(=O)N[C@@H]1[C@H](O[C@H]2[C@@H](O)[C@@H](C)O[C@H](O[C@H]3[C@H](O)[C@H](NC(C)=O)[C@@H](O)O[C@@H]3C(=O)O)[C@@H]2NC(C)=O)O[C@H](C(=O)O)[C@@H](O[C@@H]2O[C@H](C(=O)O)[C@@H](O[C@H]3O[C@H](C)[C@H](O)[C@H](O[C@@H]4OC(C(=O)O)=C(O)[C@H](O)[C@@H]4NC(C)=O)[C@H]3NC(C)=O)[C@H](O)[C@@H]2NC(C)=O)[C@@H]1O. The van der Waals surface area contributed by atoms with Gasteiger partial charge in [-0.2, -0.15) is 0 Å². The smallest absolute Gasteiger partial charge is 0.375 e. The molecule has 5 saturated heterocycles. The molecule has 0 saturated carbocycles. The van der Waals surface area contributed by atoms with Crippen LogP contribution in [-0.4, -0.2) is 292 Å². The van der Waals surface area contributed by atoms with Gasteiger partial charge in [-0.3, -0.25) is 28.8 Å². The van der Waals surface area contributed by atoms with E-state index in [1.165, 1.54) is 13.8 Å². The molecule has 6 amide bonds. The lowest BCUT2D eigenvalue weighted by molar-refractivity contribution is -0.358. The third-order valence-corrected chi connectivity index (χ3v) is 14.4. The van der Waals surface area contributed by atoms with Crippen LogP contribution in [0.2, 0.25) is 0 Å². The predicted octanol–water partition coefficient (Wildman–Crippen LogP) is -9.77. The Morgan fingerprint density at radius 1 is 0.368 bits per heavy atom. The minimum atomic E-state index is -2.53. The van der Waals surface area contributed by atoms with Crippen molar-refractivity contribution < 1.29 is 161 Å². The Morgan fingerprint density at radius 2 is 0.655 bits per heavy atom. The molecule has 0 bridgehead atoms. The summed E-state index contributed by atoms with van der Waals surface area (Å²) in [5.41, 5.74) is 0. The average molecular weight is 1260 g/mol. The number of aliphatic carboxylic acids is 4. The van der Waals surface area contributed by atoms with Crippen LogP contribution in [0.3, 0.4) is 0 Å². The number of aliphatic hydroxyl groups is 8. The molecular formula is C48H70N6O33. The predicted molar refractivity (Wildman–Crippen MR) is 268 cm³/mol. The molecular weight excluding hydrogens is 1190 g/mol. The number of carbonyl (C=O) groups is 10. The van der Waals surface area contributed by atoms with Crippen LogP contribution in [0, 0.1) is 0 Å². The van der Waals surface area contributed by atoms with Crippen molar-refractivity contribution in [2.45, 2.75) is 227 Å². The van der Waals surface area contributed by atoms with Gasteiger partial charge in [0.25, 0.3) is 0 Å². The molecule has 0 spiro atoms. The van der Waals surface area contributed by atoms with Gasteiger partial charge in [0.15, 0.2) is 55.5 Å². The van der Waals surface area contributed by atoms with E-state index in [1.54, 1.807) is 0 Å². The lowest BCUT2D eigenvalue weighted by Crippen LogP contribution is -2.72. The molecule has 0 radical (unpaired) electrons. The quantitative estimate of drug-likeness (QED) is 0.0538. The van der Waals surface area contributed by atoms with Crippen LogP contribution in [0.25, 0.3) is 0 Å². The van der Waals surface area contributed by atoms with Crippen LogP contribution in [0.1, 0.15) is 55.4 Å². The van der Waals surface area contributed by atoms with E-state index in [9.17, 15) is 109 Å². The zero-order chi connectivity index (χ0) is 65.1. The molecule has 28 atom stereocenters. The summed E-state index contributed by atoms with van der Waals surface area (Å²) in [4.78, 5) is 126. The highest BCUT2D eigenvalue weighted by Gasteiger charge is 2.60. The van der Waals surface area contributed by atoms with Gasteiger partial charge in [0.2, 0.25) is 47.5 Å². The van der Waals surface area contributed by atoms with Crippen molar-refractivity contribution in [1.82, 2.24) is 31.9 Å². The molecule has 87 heavy (non-hydrogen) atoms. The molecule has 6 rings (SSSR count). The van der Waals surface area contributed by atoms with E-state index >= 15 is 0 Å². The number of hydrogen-bond acceptors (Lipinski definition) is 29. The van der Waals surface area contributed by atoms with Crippen LogP contribution >= 0.6 is 0 Å². The Morgan fingerprint density at radius 3 is 1.00 bits per heavy atom. The summed E-state index contributed by atoms with van der Waals surface area (Å²) in [6.45, 7) is 8.05. The summed E-state index contributed by atoms with van der Waals surface area (Å²) in [5, 5.41) is 145. The van der Waals surface area contributed by atoms with Crippen molar-refractivity contribution in [1.29, 1.82) is 0 Å². The highest BCUT2D eigenvalue weighted by atomic mass is 16.8. The first-order valence-corrected chi connectivity index (χ1v) is 26.5. The minimum Gasteiger partial charge on any atom is -0.506 e. The Balaban J connectivity index is 1.31. The van der Waals surface area contributed by atoms with Crippen molar-refractivity contribution in [3.05, 3.63) is 11.5 Å². The molecule has 6 heterocycles. The molecule has 0 aliphatic carbocycles. The van der Waals surface area contributed by atoms with Crippen molar-refractivity contribution >= 4 is 59.3 Å². The summed E-state index contributed by atoms with van der Waals surface area (Å²) in [6, 6.07) is -11.4. The second-order valence-corrected chi connectivity index (χ2v) is 21.0. The molecule has 0 aromatic carbocycles. The lowest BCUT2D eigenvalue weighted by atomic mass is 9.92. The van der Waals surface area contributed by atoms with Gasteiger partial charge in [-0.05, 0) is 13.8 Å². The van der Waals surface area contributed by atoms with E-state index in [2.05, 4.69) is 31.9 Å². The van der Waals surface area contributed by atoms with Gasteiger partial charge < -0.3 is 145 Å². The third-order valence-electron chi connectivity index (χ3n) is 14.4. The fraction of sp³-hybridized carbons (Fsp3) is 0.750. The fourth-order valence-electron chi connectivity index (χ4n) is 10.5. The first-order chi connectivity index (χ1) is 40.5. The van der Waals surface area contributed by atoms with Crippen LogP contribution in [0.4, 0.5) is 0 Å². The number of carbonyl (C=O) groups excluding carboxylic acids is 6. The number of amides is 6. The molecule has 6 aliphatic rings. The summed E-state index contributed by atoms with van der Waals surface area (Å²) < 4.78 is 63.5. The number of carboxylic acids is 4. The van der Waals surface area contributed by atoms with Gasteiger partial charge in [-0.25, -0.2) is 19.2 Å². The molecule has 5 fully saturated rings. The molecule has 39 heteroatoms. The maximum atomic E-state index is 13.2. The van der Waals surface area contributed by atoms with Crippen LogP contribution in [-0.2, 0) is 100 Å². The van der Waals surface area contributed by atoms with E-state index in [1.807, 2.05) is 0 Å². The number of ether oxygens (including phenoxy) is 11. The molecule has 39 nitrogen and oxygen atoms in total. The van der Waals surface area contributed by atoms with Crippen molar-refractivity contribution in [3.63, 3.8) is 0 Å². The highest BCUT2D eigenvalue weighted by Crippen LogP contribution is 2.38. The molecule has 6 aliphatic heterocycles. The van der Waals surface area contributed by atoms with Gasteiger partial charge in [0.1, 0.15) is 103 Å². The molecule has 0 aromatic rings. The van der Waals surface area contributed by atoms with Gasteiger partial charge in [-0.15, -0.1) is 0 Å².